The smallest absolute Gasteiger partial charge is 0.264 e. The maximum atomic E-state index is 12.0. The summed E-state index contributed by atoms with van der Waals surface area (Å²) in [6, 6.07) is 3.84. The zero-order valence-electron chi connectivity index (χ0n) is 9.27. The number of hydrogen-bond acceptors (Lipinski definition) is 2. The molecular weight excluding hydrogens is 208 g/mol. The van der Waals surface area contributed by atoms with Gasteiger partial charge in [-0.3, -0.25) is 4.79 Å². The van der Waals surface area contributed by atoms with Crippen LogP contribution in [-0.4, -0.2) is 55.6 Å². The SMILES string of the molecule is C[N+]1(C)CCN(C(=O)c2cccs2)CC1. The van der Waals surface area contributed by atoms with Gasteiger partial charge < -0.3 is 9.38 Å². The Morgan fingerprint density at radius 2 is 2.07 bits per heavy atom. The lowest BCUT2D eigenvalue weighted by atomic mass is 10.2. The van der Waals surface area contributed by atoms with Gasteiger partial charge in [0.05, 0.1) is 45.2 Å². The molecular formula is C11H17N2OS+. The van der Waals surface area contributed by atoms with E-state index in [-0.39, 0.29) is 5.91 Å². The molecule has 2 rings (SSSR count). The first-order valence-corrected chi connectivity index (χ1v) is 6.11. The molecule has 2 heterocycles. The topological polar surface area (TPSA) is 20.3 Å². The van der Waals surface area contributed by atoms with E-state index < -0.39 is 0 Å². The summed E-state index contributed by atoms with van der Waals surface area (Å²) in [6.07, 6.45) is 0. The highest BCUT2D eigenvalue weighted by Crippen LogP contribution is 2.14. The summed E-state index contributed by atoms with van der Waals surface area (Å²) < 4.78 is 1.02. The minimum absolute atomic E-state index is 0.199. The fraction of sp³-hybridized carbons (Fsp3) is 0.545. The highest BCUT2D eigenvalue weighted by molar-refractivity contribution is 7.12. The number of amides is 1. The molecule has 1 amide bonds. The molecule has 1 saturated heterocycles. The summed E-state index contributed by atoms with van der Waals surface area (Å²) in [6.45, 7) is 3.86. The van der Waals surface area contributed by atoms with Gasteiger partial charge in [0.25, 0.3) is 5.91 Å². The molecule has 15 heavy (non-hydrogen) atoms. The van der Waals surface area contributed by atoms with Gasteiger partial charge in [-0.2, -0.15) is 0 Å². The Kier molecular flexibility index (Phi) is 2.80. The minimum Gasteiger partial charge on any atom is -0.327 e. The van der Waals surface area contributed by atoms with E-state index in [2.05, 4.69) is 14.1 Å². The van der Waals surface area contributed by atoms with Gasteiger partial charge in [0.1, 0.15) is 0 Å². The molecule has 0 N–H and O–H groups in total. The normalized spacial score (nSPS) is 20.3. The summed E-state index contributed by atoms with van der Waals surface area (Å²) in [5.74, 6) is 0.199. The van der Waals surface area contributed by atoms with Crippen molar-refractivity contribution in [1.82, 2.24) is 4.90 Å². The monoisotopic (exact) mass is 225 g/mol. The van der Waals surface area contributed by atoms with E-state index >= 15 is 0 Å². The summed E-state index contributed by atoms with van der Waals surface area (Å²) in [5, 5.41) is 1.96. The van der Waals surface area contributed by atoms with Crippen molar-refractivity contribution in [2.45, 2.75) is 0 Å². The molecule has 82 valence electrons. The minimum atomic E-state index is 0.199. The van der Waals surface area contributed by atoms with E-state index in [1.807, 2.05) is 22.4 Å². The van der Waals surface area contributed by atoms with Crippen LogP contribution in [0.3, 0.4) is 0 Å². The fourth-order valence-electron chi connectivity index (χ4n) is 1.77. The Balaban J connectivity index is 2.00. The van der Waals surface area contributed by atoms with Crippen LogP contribution in [0.25, 0.3) is 0 Å². The second-order valence-corrected chi connectivity index (χ2v) is 5.60. The van der Waals surface area contributed by atoms with Crippen LogP contribution in [0.15, 0.2) is 17.5 Å². The van der Waals surface area contributed by atoms with Crippen LogP contribution >= 0.6 is 11.3 Å². The zero-order chi connectivity index (χ0) is 10.9. The van der Waals surface area contributed by atoms with Gasteiger partial charge in [-0.15, -0.1) is 11.3 Å². The van der Waals surface area contributed by atoms with Gasteiger partial charge in [0, 0.05) is 0 Å². The molecule has 1 aromatic heterocycles. The number of nitrogens with zero attached hydrogens (tertiary/aromatic N) is 2. The van der Waals surface area contributed by atoms with Crippen LogP contribution in [-0.2, 0) is 0 Å². The Bertz CT molecular complexity index is 335. The summed E-state index contributed by atoms with van der Waals surface area (Å²) in [4.78, 5) is 14.8. The van der Waals surface area contributed by atoms with E-state index in [0.29, 0.717) is 0 Å². The second kappa shape index (κ2) is 3.94. The molecule has 0 aliphatic carbocycles. The standard InChI is InChI=1S/C11H17N2OS/c1-13(2)7-5-12(6-8-13)11(14)10-4-3-9-15-10/h3-4,9H,5-8H2,1-2H3/q+1. The number of carbonyl (C=O) groups is 1. The molecule has 0 saturated carbocycles. The molecule has 1 aromatic rings. The number of likely N-dealkylation sites (N-methyl/N-ethyl adjacent to an activating group) is 1. The third kappa shape index (κ3) is 2.38. The quantitative estimate of drug-likeness (QED) is 0.659. The van der Waals surface area contributed by atoms with Crippen molar-refractivity contribution in [3.05, 3.63) is 22.4 Å². The van der Waals surface area contributed by atoms with Crippen LogP contribution in [0.2, 0.25) is 0 Å². The van der Waals surface area contributed by atoms with Gasteiger partial charge in [0.2, 0.25) is 0 Å². The van der Waals surface area contributed by atoms with Crippen molar-refractivity contribution >= 4 is 17.2 Å². The van der Waals surface area contributed by atoms with E-state index in [0.717, 1.165) is 35.5 Å². The second-order valence-electron chi connectivity index (χ2n) is 4.65. The van der Waals surface area contributed by atoms with Crippen LogP contribution < -0.4 is 0 Å². The van der Waals surface area contributed by atoms with Gasteiger partial charge in [-0.25, -0.2) is 0 Å². The van der Waals surface area contributed by atoms with Crippen molar-refractivity contribution in [2.24, 2.45) is 0 Å². The highest BCUT2D eigenvalue weighted by Gasteiger charge is 2.27. The van der Waals surface area contributed by atoms with E-state index in [1.165, 1.54) is 11.3 Å². The maximum absolute atomic E-state index is 12.0. The van der Waals surface area contributed by atoms with Gasteiger partial charge in [-0.05, 0) is 11.4 Å². The van der Waals surface area contributed by atoms with E-state index in [4.69, 9.17) is 0 Å². The third-order valence-corrected chi connectivity index (χ3v) is 3.83. The predicted octanol–water partition coefficient (Wildman–Crippen LogP) is 1.28. The summed E-state index contributed by atoms with van der Waals surface area (Å²) in [5.41, 5.74) is 0. The van der Waals surface area contributed by atoms with Crippen molar-refractivity contribution in [1.29, 1.82) is 0 Å². The number of piperazine rings is 1. The Hall–Kier alpha value is -0.870. The number of rotatable bonds is 1. The molecule has 0 bridgehead atoms. The molecule has 0 radical (unpaired) electrons. The molecule has 1 aliphatic rings. The predicted molar refractivity (Wildman–Crippen MR) is 62.1 cm³/mol. The largest absolute Gasteiger partial charge is 0.327 e. The van der Waals surface area contributed by atoms with Crippen LogP contribution in [0, 0.1) is 0 Å². The lowest BCUT2D eigenvalue weighted by molar-refractivity contribution is -0.894. The highest BCUT2D eigenvalue weighted by atomic mass is 32.1. The Morgan fingerprint density at radius 3 is 2.60 bits per heavy atom. The molecule has 0 atom stereocenters. The van der Waals surface area contributed by atoms with Crippen molar-refractivity contribution in [2.75, 3.05) is 40.3 Å². The Morgan fingerprint density at radius 1 is 1.40 bits per heavy atom. The van der Waals surface area contributed by atoms with Crippen molar-refractivity contribution in [3.63, 3.8) is 0 Å². The molecule has 0 aromatic carbocycles. The van der Waals surface area contributed by atoms with Crippen LogP contribution in [0.5, 0.6) is 0 Å². The van der Waals surface area contributed by atoms with Gasteiger partial charge >= 0.3 is 0 Å². The molecule has 1 aliphatic heterocycles. The Labute approximate surface area is 94.5 Å². The van der Waals surface area contributed by atoms with Gasteiger partial charge in [0.15, 0.2) is 0 Å². The third-order valence-electron chi connectivity index (χ3n) is 2.97. The zero-order valence-corrected chi connectivity index (χ0v) is 10.1. The summed E-state index contributed by atoms with van der Waals surface area (Å²) >= 11 is 1.53. The number of hydrogen-bond donors (Lipinski definition) is 0. The van der Waals surface area contributed by atoms with E-state index in [9.17, 15) is 4.79 Å². The fourth-order valence-corrected chi connectivity index (χ4v) is 2.46. The number of thiophene rings is 1. The van der Waals surface area contributed by atoms with E-state index in [1.54, 1.807) is 0 Å². The van der Waals surface area contributed by atoms with Gasteiger partial charge in [-0.1, -0.05) is 6.07 Å². The molecule has 0 spiro atoms. The average molecular weight is 225 g/mol. The molecule has 3 nitrogen and oxygen atoms in total. The maximum Gasteiger partial charge on any atom is 0.264 e. The van der Waals surface area contributed by atoms with Crippen molar-refractivity contribution < 1.29 is 9.28 Å². The number of carbonyl (C=O) groups excluding carboxylic acids is 1. The average Bonchev–Trinajstić information content (AvgIpc) is 2.69. The molecule has 0 unspecified atom stereocenters. The number of quaternary nitrogens is 1. The first-order valence-electron chi connectivity index (χ1n) is 5.23. The lowest BCUT2D eigenvalue weighted by Gasteiger charge is -2.38. The van der Waals surface area contributed by atoms with Crippen LogP contribution in [0.4, 0.5) is 0 Å². The first kappa shape index (κ1) is 10.6. The first-order chi connectivity index (χ1) is 7.08. The molecule has 4 heteroatoms. The lowest BCUT2D eigenvalue weighted by Crippen LogP contribution is -2.56. The van der Waals surface area contributed by atoms with Crippen LogP contribution in [0.1, 0.15) is 9.67 Å². The van der Waals surface area contributed by atoms with Crippen molar-refractivity contribution in [3.8, 4) is 0 Å². The summed E-state index contributed by atoms with van der Waals surface area (Å²) in [7, 11) is 4.43. The molecule has 1 fully saturated rings.